The quantitative estimate of drug-likeness (QED) is 0.761. The molecule has 1 unspecified atom stereocenters. The SMILES string of the molecule is CC(C)CC(CNC(=O)Cc1cccnc1)CC(=O)O. The van der Waals surface area contributed by atoms with Gasteiger partial charge in [-0.05, 0) is 29.9 Å². The van der Waals surface area contributed by atoms with Crippen LogP contribution < -0.4 is 5.32 Å². The number of aliphatic carboxylic acids is 1. The minimum Gasteiger partial charge on any atom is -0.481 e. The number of carbonyl (C=O) groups is 2. The van der Waals surface area contributed by atoms with Crippen molar-refractivity contribution in [1.82, 2.24) is 10.3 Å². The van der Waals surface area contributed by atoms with Gasteiger partial charge in [-0.2, -0.15) is 0 Å². The molecule has 2 N–H and O–H groups in total. The molecule has 5 heteroatoms. The molecule has 0 radical (unpaired) electrons. The molecule has 5 nitrogen and oxygen atoms in total. The maximum atomic E-state index is 11.8. The lowest BCUT2D eigenvalue weighted by Crippen LogP contribution is -2.32. The molecule has 1 atom stereocenters. The van der Waals surface area contributed by atoms with Crippen LogP contribution in [-0.4, -0.2) is 28.5 Å². The maximum Gasteiger partial charge on any atom is 0.303 e. The van der Waals surface area contributed by atoms with E-state index in [4.69, 9.17) is 5.11 Å². The molecule has 1 heterocycles. The van der Waals surface area contributed by atoms with Gasteiger partial charge < -0.3 is 10.4 Å². The van der Waals surface area contributed by atoms with Gasteiger partial charge in [-0.15, -0.1) is 0 Å². The molecule has 0 aromatic carbocycles. The molecule has 0 aliphatic carbocycles. The standard InChI is InChI=1S/C15H22N2O3/c1-11(2)6-13(8-15(19)20)10-17-14(18)7-12-4-3-5-16-9-12/h3-5,9,11,13H,6-8,10H2,1-2H3,(H,17,18)(H,19,20). The number of rotatable bonds is 8. The first kappa shape index (κ1) is 16.1. The summed E-state index contributed by atoms with van der Waals surface area (Å²) in [5, 5.41) is 11.7. The van der Waals surface area contributed by atoms with Crippen LogP contribution in [0, 0.1) is 11.8 Å². The molecule has 0 fully saturated rings. The van der Waals surface area contributed by atoms with Crippen LogP contribution in [-0.2, 0) is 16.0 Å². The zero-order chi connectivity index (χ0) is 15.0. The van der Waals surface area contributed by atoms with Crippen LogP contribution in [0.25, 0.3) is 0 Å². The van der Waals surface area contributed by atoms with Crippen LogP contribution in [0.4, 0.5) is 0 Å². The summed E-state index contributed by atoms with van der Waals surface area (Å²) in [5.41, 5.74) is 0.851. The summed E-state index contributed by atoms with van der Waals surface area (Å²) in [7, 11) is 0. The van der Waals surface area contributed by atoms with Gasteiger partial charge in [-0.3, -0.25) is 14.6 Å². The molecule has 0 saturated carbocycles. The summed E-state index contributed by atoms with van der Waals surface area (Å²) in [6.45, 7) is 4.50. The molecule has 110 valence electrons. The number of carbonyl (C=O) groups excluding carboxylic acids is 1. The van der Waals surface area contributed by atoms with Crippen molar-refractivity contribution in [2.24, 2.45) is 11.8 Å². The fraction of sp³-hybridized carbons (Fsp3) is 0.533. The third-order valence-corrected chi connectivity index (χ3v) is 2.94. The van der Waals surface area contributed by atoms with E-state index in [0.29, 0.717) is 12.5 Å². The molecule has 1 aromatic heterocycles. The van der Waals surface area contributed by atoms with E-state index in [2.05, 4.69) is 10.3 Å². The first-order valence-corrected chi connectivity index (χ1v) is 6.84. The molecular formula is C15H22N2O3. The van der Waals surface area contributed by atoms with Gasteiger partial charge in [0.1, 0.15) is 0 Å². The van der Waals surface area contributed by atoms with E-state index in [9.17, 15) is 9.59 Å². The minimum absolute atomic E-state index is 0.0228. The molecule has 1 rings (SSSR count). The number of carboxylic acid groups (broad SMARTS) is 1. The zero-order valence-electron chi connectivity index (χ0n) is 12.0. The van der Waals surface area contributed by atoms with Gasteiger partial charge in [0.2, 0.25) is 5.91 Å². The van der Waals surface area contributed by atoms with Crippen molar-refractivity contribution in [2.75, 3.05) is 6.54 Å². The van der Waals surface area contributed by atoms with Crippen LogP contribution >= 0.6 is 0 Å². The number of nitrogens with zero attached hydrogens (tertiary/aromatic N) is 1. The summed E-state index contributed by atoms with van der Waals surface area (Å²) in [4.78, 5) is 26.6. The largest absolute Gasteiger partial charge is 0.481 e. The molecule has 20 heavy (non-hydrogen) atoms. The lowest BCUT2D eigenvalue weighted by molar-refractivity contribution is -0.138. The Hall–Kier alpha value is -1.91. The Bertz CT molecular complexity index is 432. The highest BCUT2D eigenvalue weighted by molar-refractivity contribution is 5.78. The summed E-state index contributed by atoms with van der Waals surface area (Å²) < 4.78 is 0. The highest BCUT2D eigenvalue weighted by Crippen LogP contribution is 2.14. The monoisotopic (exact) mass is 278 g/mol. The van der Waals surface area contributed by atoms with E-state index in [1.807, 2.05) is 19.9 Å². The molecule has 0 aliphatic rings. The second kappa shape index (κ2) is 8.30. The van der Waals surface area contributed by atoms with Gasteiger partial charge >= 0.3 is 5.97 Å². The van der Waals surface area contributed by atoms with E-state index in [1.165, 1.54) is 0 Å². The van der Waals surface area contributed by atoms with Crippen molar-refractivity contribution in [1.29, 1.82) is 0 Å². The average Bonchev–Trinajstić information content (AvgIpc) is 2.36. The molecule has 1 amide bonds. The van der Waals surface area contributed by atoms with Gasteiger partial charge in [0, 0.05) is 25.4 Å². The van der Waals surface area contributed by atoms with Gasteiger partial charge in [0.05, 0.1) is 6.42 Å². The van der Waals surface area contributed by atoms with E-state index in [1.54, 1.807) is 18.5 Å². The van der Waals surface area contributed by atoms with Crippen molar-refractivity contribution in [3.63, 3.8) is 0 Å². The number of amides is 1. The average molecular weight is 278 g/mol. The number of hydrogen-bond donors (Lipinski definition) is 2. The number of nitrogens with one attached hydrogen (secondary N) is 1. The van der Waals surface area contributed by atoms with E-state index < -0.39 is 5.97 Å². The van der Waals surface area contributed by atoms with Gasteiger partial charge in [-0.25, -0.2) is 0 Å². The Labute approximate surface area is 119 Å². The van der Waals surface area contributed by atoms with Crippen LogP contribution in [0.5, 0.6) is 0 Å². The zero-order valence-corrected chi connectivity index (χ0v) is 12.0. The Morgan fingerprint density at radius 1 is 1.40 bits per heavy atom. The van der Waals surface area contributed by atoms with Gasteiger partial charge in [0.15, 0.2) is 0 Å². The molecule has 0 aliphatic heterocycles. The van der Waals surface area contributed by atoms with E-state index in [0.717, 1.165) is 12.0 Å². The van der Waals surface area contributed by atoms with Crippen molar-refractivity contribution in [2.45, 2.75) is 33.1 Å². The predicted octanol–water partition coefficient (Wildman–Crippen LogP) is 1.88. The number of pyridine rings is 1. The third kappa shape index (κ3) is 6.87. The third-order valence-electron chi connectivity index (χ3n) is 2.94. The predicted molar refractivity (Wildman–Crippen MR) is 76.1 cm³/mol. The Morgan fingerprint density at radius 3 is 2.70 bits per heavy atom. The van der Waals surface area contributed by atoms with Crippen LogP contribution in [0.1, 0.15) is 32.3 Å². The number of hydrogen-bond acceptors (Lipinski definition) is 3. The fourth-order valence-corrected chi connectivity index (χ4v) is 2.16. The first-order chi connectivity index (χ1) is 9.47. The number of carboxylic acids is 1. The second-order valence-electron chi connectivity index (χ2n) is 5.44. The van der Waals surface area contributed by atoms with Crippen molar-refractivity contribution < 1.29 is 14.7 Å². The van der Waals surface area contributed by atoms with Gasteiger partial charge in [0.25, 0.3) is 0 Å². The van der Waals surface area contributed by atoms with E-state index >= 15 is 0 Å². The number of aromatic nitrogens is 1. The van der Waals surface area contributed by atoms with Crippen LogP contribution in [0.2, 0.25) is 0 Å². The maximum absolute atomic E-state index is 11.8. The molecular weight excluding hydrogens is 256 g/mol. The van der Waals surface area contributed by atoms with Crippen LogP contribution in [0.3, 0.4) is 0 Å². The Balaban J connectivity index is 2.41. The van der Waals surface area contributed by atoms with Crippen LogP contribution in [0.15, 0.2) is 24.5 Å². The molecule has 0 bridgehead atoms. The molecule has 1 aromatic rings. The van der Waals surface area contributed by atoms with Gasteiger partial charge in [-0.1, -0.05) is 19.9 Å². The van der Waals surface area contributed by atoms with Crippen molar-refractivity contribution >= 4 is 11.9 Å². The van der Waals surface area contributed by atoms with E-state index in [-0.39, 0.29) is 24.7 Å². The Kier molecular flexibility index (Phi) is 6.70. The lowest BCUT2D eigenvalue weighted by atomic mass is 9.94. The highest BCUT2D eigenvalue weighted by atomic mass is 16.4. The van der Waals surface area contributed by atoms with Crippen molar-refractivity contribution in [3.8, 4) is 0 Å². The lowest BCUT2D eigenvalue weighted by Gasteiger charge is -2.17. The summed E-state index contributed by atoms with van der Waals surface area (Å²) >= 11 is 0. The second-order valence-corrected chi connectivity index (χ2v) is 5.44. The summed E-state index contributed by atoms with van der Waals surface area (Å²) in [6.07, 6.45) is 4.47. The van der Waals surface area contributed by atoms with Crippen molar-refractivity contribution in [3.05, 3.63) is 30.1 Å². The highest BCUT2D eigenvalue weighted by Gasteiger charge is 2.16. The minimum atomic E-state index is -0.822. The summed E-state index contributed by atoms with van der Waals surface area (Å²) in [6, 6.07) is 3.63. The normalized spacial score (nSPS) is 12.2. The summed E-state index contributed by atoms with van der Waals surface area (Å²) in [5.74, 6) is -0.533. The molecule has 0 saturated heterocycles. The molecule has 0 spiro atoms. The Morgan fingerprint density at radius 2 is 2.15 bits per heavy atom. The topological polar surface area (TPSA) is 79.3 Å². The fourth-order valence-electron chi connectivity index (χ4n) is 2.16. The smallest absolute Gasteiger partial charge is 0.303 e. The first-order valence-electron chi connectivity index (χ1n) is 6.84.